The minimum Gasteiger partial charge on any atom is -0.480 e. The second kappa shape index (κ2) is 9.82. The van der Waals surface area contributed by atoms with E-state index >= 15 is 0 Å². The highest BCUT2D eigenvalue weighted by molar-refractivity contribution is 5.85. The number of nitrogens with zero attached hydrogens (tertiary/aromatic N) is 4. The molecule has 1 N–H and O–H groups in total. The summed E-state index contributed by atoms with van der Waals surface area (Å²) >= 11 is 0. The van der Waals surface area contributed by atoms with Crippen LogP contribution < -0.4 is 0 Å². The lowest BCUT2D eigenvalue weighted by molar-refractivity contribution is -0.138. The number of aryl methyl sites for hydroxylation is 1. The number of piperidine rings is 1. The Labute approximate surface area is 165 Å². The lowest BCUT2D eigenvalue weighted by Crippen LogP contribution is -2.44. The maximum atomic E-state index is 10.8. The third-order valence-corrected chi connectivity index (χ3v) is 5.01. The van der Waals surface area contributed by atoms with Gasteiger partial charge in [0.2, 0.25) is 11.7 Å². The number of rotatable bonds is 7. The number of hydrogen-bond donors (Lipinski definition) is 1. The molecule has 0 saturated carbocycles. The van der Waals surface area contributed by atoms with Gasteiger partial charge in [0.15, 0.2) is 0 Å². The van der Waals surface area contributed by atoms with Crippen molar-refractivity contribution in [3.8, 4) is 11.4 Å². The minimum atomic E-state index is -0.778. The summed E-state index contributed by atoms with van der Waals surface area (Å²) in [6.45, 7) is 4.66. The van der Waals surface area contributed by atoms with Crippen molar-refractivity contribution in [2.24, 2.45) is 0 Å². The van der Waals surface area contributed by atoms with Gasteiger partial charge in [-0.25, -0.2) is 0 Å². The highest BCUT2D eigenvalue weighted by Gasteiger charge is 2.24. The number of likely N-dealkylation sites (tertiary alicyclic amines) is 1. The van der Waals surface area contributed by atoms with E-state index in [2.05, 4.69) is 34.1 Å². The number of carboxylic acid groups (broad SMARTS) is 1. The van der Waals surface area contributed by atoms with Gasteiger partial charge in [-0.15, -0.1) is 12.4 Å². The van der Waals surface area contributed by atoms with Crippen LogP contribution in [0.3, 0.4) is 0 Å². The fraction of sp³-hybridized carbons (Fsp3) is 0.526. The highest BCUT2D eigenvalue weighted by atomic mass is 35.5. The molecule has 0 aliphatic carbocycles. The number of hydrogen-bond acceptors (Lipinski definition) is 6. The number of aliphatic carboxylic acids is 1. The summed E-state index contributed by atoms with van der Waals surface area (Å²) in [4.78, 5) is 19.6. The Morgan fingerprint density at radius 3 is 2.56 bits per heavy atom. The van der Waals surface area contributed by atoms with E-state index in [-0.39, 0.29) is 19.0 Å². The van der Waals surface area contributed by atoms with Crippen LogP contribution in [0.15, 0.2) is 28.8 Å². The van der Waals surface area contributed by atoms with Crippen LogP contribution in [-0.4, -0.2) is 63.7 Å². The maximum absolute atomic E-state index is 10.8. The molecule has 27 heavy (non-hydrogen) atoms. The Morgan fingerprint density at radius 2 is 1.96 bits per heavy atom. The highest BCUT2D eigenvalue weighted by Crippen LogP contribution is 2.20. The zero-order valence-electron chi connectivity index (χ0n) is 15.8. The Bertz CT molecular complexity index is 727. The molecule has 1 saturated heterocycles. The van der Waals surface area contributed by atoms with Crippen molar-refractivity contribution in [3.63, 3.8) is 0 Å². The van der Waals surface area contributed by atoms with Crippen molar-refractivity contribution in [2.45, 2.75) is 38.8 Å². The SMILES string of the molecule is CCc1ccc(-c2noc(CN3CCC(N(C)CC(=O)O)CC3)n2)cc1.Cl. The van der Waals surface area contributed by atoms with E-state index in [1.165, 1.54) is 5.56 Å². The lowest BCUT2D eigenvalue weighted by atomic mass is 10.0. The van der Waals surface area contributed by atoms with Crippen LogP contribution in [0.4, 0.5) is 0 Å². The predicted molar refractivity (Wildman–Crippen MR) is 105 cm³/mol. The zero-order valence-corrected chi connectivity index (χ0v) is 16.6. The lowest BCUT2D eigenvalue weighted by Gasteiger charge is -2.35. The first-order valence-corrected chi connectivity index (χ1v) is 9.11. The molecule has 1 aromatic heterocycles. The smallest absolute Gasteiger partial charge is 0.317 e. The van der Waals surface area contributed by atoms with Gasteiger partial charge in [0.05, 0.1) is 13.1 Å². The standard InChI is InChI=1S/C19H26N4O3.ClH/c1-3-14-4-6-15(7-5-14)19-20-17(26-21-19)12-23-10-8-16(9-11-23)22(2)13-18(24)25;/h4-7,16H,3,8-13H2,1-2H3,(H,24,25);1H. The molecule has 2 heterocycles. The first-order chi connectivity index (χ1) is 12.5. The summed E-state index contributed by atoms with van der Waals surface area (Å²) in [6.07, 6.45) is 2.90. The number of aromatic nitrogens is 2. The molecule has 148 valence electrons. The van der Waals surface area contributed by atoms with Crippen LogP contribution in [0.25, 0.3) is 11.4 Å². The molecule has 7 nitrogen and oxygen atoms in total. The molecule has 0 amide bonds. The first-order valence-electron chi connectivity index (χ1n) is 9.11. The molecule has 8 heteroatoms. The number of carboxylic acids is 1. The van der Waals surface area contributed by atoms with Gasteiger partial charge in [-0.1, -0.05) is 36.3 Å². The fourth-order valence-electron chi connectivity index (χ4n) is 3.38. The Balaban J connectivity index is 0.00000261. The molecule has 0 bridgehead atoms. The van der Waals surface area contributed by atoms with Crippen molar-refractivity contribution >= 4 is 18.4 Å². The van der Waals surface area contributed by atoms with Gasteiger partial charge in [0.25, 0.3) is 0 Å². The first kappa shape index (κ1) is 21.3. The summed E-state index contributed by atoms with van der Waals surface area (Å²) in [5.74, 6) is 0.468. The quantitative estimate of drug-likeness (QED) is 0.772. The molecule has 0 unspecified atom stereocenters. The van der Waals surface area contributed by atoms with Gasteiger partial charge in [0.1, 0.15) is 0 Å². The van der Waals surface area contributed by atoms with Crippen molar-refractivity contribution in [1.29, 1.82) is 0 Å². The van der Waals surface area contributed by atoms with Gasteiger partial charge in [-0.05, 0) is 31.9 Å². The second-order valence-corrected chi connectivity index (χ2v) is 6.88. The zero-order chi connectivity index (χ0) is 18.5. The van der Waals surface area contributed by atoms with Gasteiger partial charge in [-0.2, -0.15) is 4.98 Å². The van der Waals surface area contributed by atoms with Gasteiger partial charge in [-0.3, -0.25) is 14.6 Å². The number of halogens is 1. The minimum absolute atomic E-state index is 0. The van der Waals surface area contributed by atoms with Gasteiger partial charge >= 0.3 is 5.97 Å². The summed E-state index contributed by atoms with van der Waals surface area (Å²) in [5, 5.41) is 13.0. The fourth-order valence-corrected chi connectivity index (χ4v) is 3.38. The molecule has 1 fully saturated rings. The molecule has 1 aliphatic rings. The van der Waals surface area contributed by atoms with E-state index in [0.717, 1.165) is 37.9 Å². The normalized spacial score (nSPS) is 15.7. The molecular weight excluding hydrogens is 368 g/mol. The molecule has 1 aromatic carbocycles. The summed E-state index contributed by atoms with van der Waals surface area (Å²) < 4.78 is 5.41. The predicted octanol–water partition coefficient (Wildman–Crippen LogP) is 2.70. The van der Waals surface area contributed by atoms with E-state index in [0.29, 0.717) is 24.3 Å². The largest absolute Gasteiger partial charge is 0.480 e. The molecule has 1 aliphatic heterocycles. The number of benzene rings is 1. The molecule has 3 rings (SSSR count). The Hall–Kier alpha value is -1.96. The Kier molecular flexibility index (Phi) is 7.77. The summed E-state index contributed by atoms with van der Waals surface area (Å²) in [6, 6.07) is 8.54. The van der Waals surface area contributed by atoms with E-state index in [1.54, 1.807) is 0 Å². The third-order valence-electron chi connectivity index (χ3n) is 5.01. The average molecular weight is 395 g/mol. The van der Waals surface area contributed by atoms with Crippen LogP contribution in [-0.2, 0) is 17.8 Å². The van der Waals surface area contributed by atoms with Crippen LogP contribution in [0.2, 0.25) is 0 Å². The molecular formula is C19H27ClN4O3. The van der Waals surface area contributed by atoms with Gasteiger partial charge < -0.3 is 9.63 Å². The summed E-state index contributed by atoms with van der Waals surface area (Å²) in [5.41, 5.74) is 2.25. The van der Waals surface area contributed by atoms with Crippen molar-refractivity contribution < 1.29 is 14.4 Å². The van der Waals surface area contributed by atoms with Crippen molar-refractivity contribution in [2.75, 3.05) is 26.7 Å². The van der Waals surface area contributed by atoms with Crippen molar-refractivity contribution in [1.82, 2.24) is 19.9 Å². The second-order valence-electron chi connectivity index (χ2n) is 6.88. The van der Waals surface area contributed by atoms with Crippen LogP contribution in [0, 0.1) is 0 Å². The number of carbonyl (C=O) groups is 1. The summed E-state index contributed by atoms with van der Waals surface area (Å²) in [7, 11) is 1.88. The van der Waals surface area contributed by atoms with Gasteiger partial charge in [0, 0.05) is 24.7 Å². The molecule has 0 atom stereocenters. The van der Waals surface area contributed by atoms with Crippen LogP contribution in [0.1, 0.15) is 31.2 Å². The molecule has 2 aromatic rings. The van der Waals surface area contributed by atoms with E-state index in [9.17, 15) is 4.79 Å². The topological polar surface area (TPSA) is 82.7 Å². The molecule has 0 radical (unpaired) electrons. The van der Waals surface area contributed by atoms with Crippen LogP contribution in [0.5, 0.6) is 0 Å². The maximum Gasteiger partial charge on any atom is 0.317 e. The average Bonchev–Trinajstić information content (AvgIpc) is 3.10. The van der Waals surface area contributed by atoms with Crippen LogP contribution >= 0.6 is 12.4 Å². The van der Waals surface area contributed by atoms with Crippen molar-refractivity contribution in [3.05, 3.63) is 35.7 Å². The Morgan fingerprint density at radius 1 is 1.30 bits per heavy atom. The van der Waals surface area contributed by atoms with E-state index in [4.69, 9.17) is 9.63 Å². The van der Waals surface area contributed by atoms with E-state index < -0.39 is 5.97 Å². The molecule has 0 spiro atoms. The third kappa shape index (κ3) is 5.76. The van der Waals surface area contributed by atoms with E-state index in [1.807, 2.05) is 24.1 Å². The number of likely N-dealkylation sites (N-methyl/N-ethyl adjacent to an activating group) is 1. The monoisotopic (exact) mass is 394 g/mol.